The summed E-state index contributed by atoms with van der Waals surface area (Å²) in [6.45, 7) is 6.57. The molecule has 19 heavy (non-hydrogen) atoms. The summed E-state index contributed by atoms with van der Waals surface area (Å²) in [7, 11) is 0. The predicted molar refractivity (Wildman–Crippen MR) is 74.5 cm³/mol. The second-order valence-corrected chi connectivity index (χ2v) is 5.25. The number of rotatable bonds is 5. The smallest absolute Gasteiger partial charge is 0.275 e. The molecule has 2 rings (SSSR count). The minimum atomic E-state index is -0.193. The van der Waals surface area contributed by atoms with Crippen molar-refractivity contribution in [2.45, 2.75) is 40.2 Å². The highest BCUT2D eigenvalue weighted by Gasteiger charge is 2.15. The highest BCUT2D eigenvalue weighted by Crippen LogP contribution is 2.17. The number of anilines is 1. The summed E-state index contributed by atoms with van der Waals surface area (Å²) in [5.74, 6) is -0.193. The molecule has 0 aliphatic heterocycles. The Labute approximate surface area is 115 Å². The largest absolute Gasteiger partial charge is 0.295 e. The summed E-state index contributed by atoms with van der Waals surface area (Å²) < 4.78 is 1.68. The fourth-order valence-electron chi connectivity index (χ4n) is 1.75. The first-order valence-corrected chi connectivity index (χ1v) is 7.13. The van der Waals surface area contributed by atoms with Gasteiger partial charge < -0.3 is 0 Å². The van der Waals surface area contributed by atoms with Crippen LogP contribution in [0.25, 0.3) is 0 Å². The monoisotopic (exact) mass is 279 g/mol. The third-order valence-corrected chi connectivity index (χ3v) is 3.48. The van der Waals surface area contributed by atoms with Crippen LogP contribution in [-0.4, -0.2) is 25.9 Å². The van der Waals surface area contributed by atoms with Gasteiger partial charge in [0.15, 0.2) is 0 Å². The van der Waals surface area contributed by atoms with E-state index in [4.69, 9.17) is 0 Å². The number of amides is 1. The maximum Gasteiger partial charge on any atom is 0.275 e. The number of carbonyl (C=O) groups excluding carboxylic acids is 1. The van der Waals surface area contributed by atoms with Crippen molar-refractivity contribution < 1.29 is 4.79 Å². The van der Waals surface area contributed by atoms with Gasteiger partial charge in [-0.15, -0.1) is 10.2 Å². The molecule has 0 bridgehead atoms. The van der Waals surface area contributed by atoms with Crippen LogP contribution in [0.4, 0.5) is 5.13 Å². The number of hydrogen-bond acceptors (Lipinski definition) is 5. The first-order chi connectivity index (χ1) is 9.13. The molecule has 0 radical (unpaired) electrons. The van der Waals surface area contributed by atoms with E-state index in [0.717, 1.165) is 23.5 Å². The number of nitrogens with one attached hydrogen (secondary N) is 1. The van der Waals surface area contributed by atoms with Crippen LogP contribution in [0.1, 0.15) is 41.5 Å². The Morgan fingerprint density at radius 1 is 1.42 bits per heavy atom. The average Bonchev–Trinajstić information content (AvgIpc) is 2.96. The zero-order valence-electron chi connectivity index (χ0n) is 11.3. The first kappa shape index (κ1) is 13.7. The van der Waals surface area contributed by atoms with Crippen LogP contribution in [-0.2, 0) is 13.0 Å². The fourth-order valence-corrected chi connectivity index (χ4v) is 2.59. The van der Waals surface area contributed by atoms with Gasteiger partial charge in [0, 0.05) is 13.0 Å². The lowest BCUT2D eigenvalue weighted by Crippen LogP contribution is -2.17. The van der Waals surface area contributed by atoms with Crippen LogP contribution in [0.15, 0.2) is 6.07 Å². The fraction of sp³-hybridized carbons (Fsp3) is 0.500. The van der Waals surface area contributed by atoms with E-state index in [9.17, 15) is 4.79 Å². The van der Waals surface area contributed by atoms with Gasteiger partial charge in [0.05, 0.1) is 5.69 Å². The third-order valence-electron chi connectivity index (χ3n) is 2.59. The Bertz CT molecular complexity index is 574. The van der Waals surface area contributed by atoms with Crippen molar-refractivity contribution in [1.29, 1.82) is 0 Å². The van der Waals surface area contributed by atoms with Crippen LogP contribution in [0, 0.1) is 6.92 Å². The van der Waals surface area contributed by atoms with E-state index in [1.54, 1.807) is 10.7 Å². The number of aromatic nitrogens is 4. The summed E-state index contributed by atoms with van der Waals surface area (Å²) >= 11 is 1.42. The Balaban J connectivity index is 2.11. The Morgan fingerprint density at radius 2 is 2.21 bits per heavy atom. The lowest BCUT2D eigenvalue weighted by molar-refractivity contribution is 0.101. The van der Waals surface area contributed by atoms with E-state index in [1.165, 1.54) is 11.3 Å². The van der Waals surface area contributed by atoms with E-state index in [2.05, 4.69) is 27.5 Å². The molecule has 0 fully saturated rings. The molecule has 102 valence electrons. The van der Waals surface area contributed by atoms with Crippen molar-refractivity contribution in [1.82, 2.24) is 20.0 Å². The van der Waals surface area contributed by atoms with Crippen molar-refractivity contribution >= 4 is 22.4 Å². The normalized spacial score (nSPS) is 10.7. The van der Waals surface area contributed by atoms with Gasteiger partial charge >= 0.3 is 0 Å². The summed E-state index contributed by atoms with van der Waals surface area (Å²) in [5, 5.41) is 16.5. The Kier molecular flexibility index (Phi) is 4.26. The molecule has 0 spiro atoms. The molecule has 0 aliphatic carbocycles. The zero-order chi connectivity index (χ0) is 13.8. The van der Waals surface area contributed by atoms with Gasteiger partial charge in [-0.2, -0.15) is 5.10 Å². The minimum Gasteiger partial charge on any atom is -0.295 e. The second-order valence-electron chi connectivity index (χ2n) is 4.19. The van der Waals surface area contributed by atoms with Crippen molar-refractivity contribution in [2.24, 2.45) is 0 Å². The molecule has 0 saturated carbocycles. The number of carbonyl (C=O) groups is 1. The van der Waals surface area contributed by atoms with Gasteiger partial charge in [-0.1, -0.05) is 18.3 Å². The van der Waals surface area contributed by atoms with Gasteiger partial charge in [-0.05, 0) is 26.3 Å². The third kappa shape index (κ3) is 3.17. The van der Waals surface area contributed by atoms with Gasteiger partial charge in [0.2, 0.25) is 5.13 Å². The molecule has 0 atom stereocenters. The summed E-state index contributed by atoms with van der Waals surface area (Å²) in [4.78, 5) is 12.1. The van der Waals surface area contributed by atoms with Gasteiger partial charge in [-0.25, -0.2) is 0 Å². The van der Waals surface area contributed by atoms with Gasteiger partial charge in [-0.3, -0.25) is 14.8 Å². The molecule has 2 aromatic heterocycles. The minimum absolute atomic E-state index is 0.193. The predicted octanol–water partition coefficient (Wildman–Crippen LogP) is 2.27. The number of aryl methyl sites for hydroxylation is 3. The molecule has 2 aromatic rings. The highest BCUT2D eigenvalue weighted by atomic mass is 32.1. The summed E-state index contributed by atoms with van der Waals surface area (Å²) in [5.41, 5.74) is 1.38. The standard InChI is InChI=1S/C12H17N5OS/c1-4-6-10-14-15-12(19-10)13-11(18)9-7-8(3)16-17(9)5-2/h7H,4-6H2,1-3H3,(H,13,15,18). The highest BCUT2D eigenvalue weighted by molar-refractivity contribution is 7.15. The van der Waals surface area contributed by atoms with Crippen molar-refractivity contribution in [3.63, 3.8) is 0 Å². The molecule has 0 saturated heterocycles. The topological polar surface area (TPSA) is 72.7 Å². The lowest BCUT2D eigenvalue weighted by Gasteiger charge is -2.03. The Morgan fingerprint density at radius 3 is 2.89 bits per heavy atom. The Hall–Kier alpha value is -1.76. The molecular weight excluding hydrogens is 262 g/mol. The zero-order valence-corrected chi connectivity index (χ0v) is 12.1. The van der Waals surface area contributed by atoms with E-state index < -0.39 is 0 Å². The van der Waals surface area contributed by atoms with Gasteiger partial charge in [0.25, 0.3) is 5.91 Å². The lowest BCUT2D eigenvalue weighted by atomic mass is 10.3. The van der Waals surface area contributed by atoms with Crippen LogP contribution in [0.2, 0.25) is 0 Å². The van der Waals surface area contributed by atoms with Crippen molar-refractivity contribution in [3.8, 4) is 0 Å². The van der Waals surface area contributed by atoms with E-state index in [0.29, 0.717) is 17.4 Å². The maximum absolute atomic E-state index is 12.1. The van der Waals surface area contributed by atoms with E-state index >= 15 is 0 Å². The first-order valence-electron chi connectivity index (χ1n) is 6.32. The molecule has 0 aromatic carbocycles. The van der Waals surface area contributed by atoms with E-state index in [1.807, 2.05) is 13.8 Å². The van der Waals surface area contributed by atoms with Crippen LogP contribution < -0.4 is 5.32 Å². The molecule has 7 heteroatoms. The van der Waals surface area contributed by atoms with E-state index in [-0.39, 0.29) is 5.91 Å². The van der Waals surface area contributed by atoms with Crippen LogP contribution in [0.5, 0.6) is 0 Å². The van der Waals surface area contributed by atoms with Crippen molar-refractivity contribution in [2.75, 3.05) is 5.32 Å². The van der Waals surface area contributed by atoms with Crippen molar-refractivity contribution in [3.05, 3.63) is 22.5 Å². The second kappa shape index (κ2) is 5.92. The van der Waals surface area contributed by atoms with Crippen LogP contribution >= 0.6 is 11.3 Å². The molecule has 0 aliphatic rings. The average molecular weight is 279 g/mol. The molecule has 6 nitrogen and oxygen atoms in total. The summed E-state index contributed by atoms with van der Waals surface area (Å²) in [6, 6.07) is 1.77. The van der Waals surface area contributed by atoms with Crippen LogP contribution in [0.3, 0.4) is 0 Å². The number of hydrogen-bond donors (Lipinski definition) is 1. The molecular formula is C12H17N5OS. The molecule has 1 N–H and O–H groups in total. The quantitative estimate of drug-likeness (QED) is 0.911. The maximum atomic E-state index is 12.1. The van der Waals surface area contributed by atoms with Gasteiger partial charge in [0.1, 0.15) is 10.7 Å². The molecule has 2 heterocycles. The molecule has 0 unspecified atom stereocenters. The SMILES string of the molecule is CCCc1nnc(NC(=O)c2cc(C)nn2CC)s1. The molecule has 1 amide bonds. The summed E-state index contributed by atoms with van der Waals surface area (Å²) in [6.07, 6.45) is 1.91. The number of nitrogens with zero attached hydrogens (tertiary/aromatic N) is 4.